The molecule has 0 amide bonds. The van der Waals surface area contributed by atoms with E-state index >= 15 is 0 Å². The van der Waals surface area contributed by atoms with Gasteiger partial charge in [0.2, 0.25) is 0 Å². The molecule has 3 rings (SSSR count). The Labute approximate surface area is 140 Å². The van der Waals surface area contributed by atoms with Gasteiger partial charge in [-0.25, -0.2) is 4.99 Å². The SMILES string of the molecule is NC(=NCc1nncn1-c1ccccc1)NCCc1ccccn1. The highest BCUT2D eigenvalue weighted by molar-refractivity contribution is 5.77. The molecule has 0 atom stereocenters. The summed E-state index contributed by atoms with van der Waals surface area (Å²) in [5.41, 5.74) is 7.91. The number of guanidine groups is 1. The molecule has 2 aromatic heterocycles. The van der Waals surface area contributed by atoms with E-state index in [0.29, 0.717) is 19.0 Å². The van der Waals surface area contributed by atoms with E-state index in [1.165, 1.54) is 0 Å². The van der Waals surface area contributed by atoms with Crippen molar-refractivity contribution in [2.24, 2.45) is 10.7 Å². The molecule has 3 aromatic rings. The lowest BCUT2D eigenvalue weighted by Crippen LogP contribution is -2.33. The molecule has 1 aromatic carbocycles. The molecule has 0 aliphatic carbocycles. The van der Waals surface area contributed by atoms with Crippen LogP contribution in [-0.2, 0) is 13.0 Å². The highest BCUT2D eigenvalue weighted by atomic mass is 15.3. The summed E-state index contributed by atoms with van der Waals surface area (Å²) in [6.45, 7) is 1.04. The van der Waals surface area contributed by atoms with Gasteiger partial charge in [0.25, 0.3) is 0 Å². The maximum absolute atomic E-state index is 5.90. The molecule has 24 heavy (non-hydrogen) atoms. The van der Waals surface area contributed by atoms with E-state index < -0.39 is 0 Å². The zero-order valence-electron chi connectivity index (χ0n) is 13.2. The first-order chi connectivity index (χ1) is 11.8. The third kappa shape index (κ3) is 4.16. The van der Waals surface area contributed by atoms with Gasteiger partial charge in [0.05, 0.1) is 0 Å². The van der Waals surface area contributed by atoms with Crippen molar-refractivity contribution in [2.75, 3.05) is 6.54 Å². The molecular weight excluding hydrogens is 302 g/mol. The number of hydrogen-bond donors (Lipinski definition) is 2. The lowest BCUT2D eigenvalue weighted by Gasteiger charge is -2.06. The molecule has 122 valence electrons. The average Bonchev–Trinajstić information content (AvgIpc) is 3.10. The fraction of sp³-hybridized carbons (Fsp3) is 0.176. The number of rotatable bonds is 6. The van der Waals surface area contributed by atoms with Gasteiger partial charge in [-0.2, -0.15) is 0 Å². The van der Waals surface area contributed by atoms with Crippen LogP contribution in [0.1, 0.15) is 11.5 Å². The van der Waals surface area contributed by atoms with E-state index in [0.717, 1.165) is 23.6 Å². The van der Waals surface area contributed by atoms with E-state index in [2.05, 4.69) is 25.5 Å². The Hall–Kier alpha value is -3.22. The number of nitrogens with zero attached hydrogens (tertiary/aromatic N) is 5. The molecule has 0 bridgehead atoms. The number of nitrogens with two attached hydrogens (primary N) is 1. The summed E-state index contributed by atoms with van der Waals surface area (Å²) in [6, 6.07) is 15.7. The standard InChI is InChI=1S/C17H19N7/c18-17(20-11-9-14-6-4-5-10-19-14)21-12-16-23-22-13-24(16)15-7-2-1-3-8-15/h1-8,10,13H,9,11-12H2,(H3,18,20,21). The molecule has 0 saturated carbocycles. The van der Waals surface area contributed by atoms with Crippen molar-refractivity contribution in [3.05, 3.63) is 72.6 Å². The maximum atomic E-state index is 5.90. The second-order valence-corrected chi connectivity index (χ2v) is 5.15. The van der Waals surface area contributed by atoms with Crippen LogP contribution in [0, 0.1) is 0 Å². The lowest BCUT2D eigenvalue weighted by molar-refractivity contribution is 0.811. The number of para-hydroxylation sites is 1. The predicted octanol–water partition coefficient (Wildman–Crippen LogP) is 1.31. The molecule has 7 heteroatoms. The largest absolute Gasteiger partial charge is 0.370 e. The van der Waals surface area contributed by atoms with Crippen LogP contribution >= 0.6 is 0 Å². The molecule has 3 N–H and O–H groups in total. The number of aliphatic imine (C=N–C) groups is 1. The normalized spacial score (nSPS) is 11.4. The van der Waals surface area contributed by atoms with Crippen molar-refractivity contribution in [2.45, 2.75) is 13.0 Å². The summed E-state index contributed by atoms with van der Waals surface area (Å²) in [6.07, 6.45) is 4.24. The Morgan fingerprint density at radius 2 is 1.96 bits per heavy atom. The number of nitrogens with one attached hydrogen (secondary N) is 1. The van der Waals surface area contributed by atoms with Gasteiger partial charge in [-0.15, -0.1) is 10.2 Å². The molecule has 0 aliphatic heterocycles. The average molecular weight is 321 g/mol. The zero-order valence-corrected chi connectivity index (χ0v) is 13.2. The Morgan fingerprint density at radius 3 is 2.75 bits per heavy atom. The Morgan fingerprint density at radius 1 is 1.12 bits per heavy atom. The van der Waals surface area contributed by atoms with Crippen LogP contribution in [0.3, 0.4) is 0 Å². The van der Waals surface area contributed by atoms with E-state index in [-0.39, 0.29) is 0 Å². The molecule has 0 aliphatic rings. The molecule has 0 saturated heterocycles. The summed E-state index contributed by atoms with van der Waals surface area (Å²) < 4.78 is 1.89. The zero-order chi connectivity index (χ0) is 16.6. The minimum atomic E-state index is 0.358. The number of benzene rings is 1. The minimum absolute atomic E-state index is 0.358. The van der Waals surface area contributed by atoms with Crippen LogP contribution in [0.2, 0.25) is 0 Å². The third-order valence-corrected chi connectivity index (χ3v) is 3.46. The van der Waals surface area contributed by atoms with Gasteiger partial charge in [0, 0.05) is 30.5 Å². The minimum Gasteiger partial charge on any atom is -0.370 e. The molecule has 0 fully saturated rings. The molecule has 7 nitrogen and oxygen atoms in total. The van der Waals surface area contributed by atoms with E-state index in [9.17, 15) is 0 Å². The van der Waals surface area contributed by atoms with Crippen molar-refractivity contribution in [1.82, 2.24) is 25.1 Å². The maximum Gasteiger partial charge on any atom is 0.189 e. The summed E-state index contributed by atoms with van der Waals surface area (Å²) in [7, 11) is 0. The first kappa shape index (κ1) is 15.7. The predicted molar refractivity (Wildman–Crippen MR) is 92.6 cm³/mol. The number of aromatic nitrogens is 4. The van der Waals surface area contributed by atoms with Crippen molar-refractivity contribution in [3.63, 3.8) is 0 Å². The summed E-state index contributed by atoms with van der Waals surface area (Å²) in [4.78, 5) is 8.59. The Kier molecular flexibility index (Phi) is 5.14. The fourth-order valence-electron chi connectivity index (χ4n) is 2.25. The highest BCUT2D eigenvalue weighted by Gasteiger charge is 2.05. The molecule has 0 radical (unpaired) electrons. The first-order valence-electron chi connectivity index (χ1n) is 7.71. The molecular formula is C17H19N7. The Bertz CT molecular complexity index is 781. The van der Waals surface area contributed by atoms with Crippen molar-refractivity contribution in [3.8, 4) is 5.69 Å². The van der Waals surface area contributed by atoms with Gasteiger partial charge in [-0.3, -0.25) is 9.55 Å². The smallest absolute Gasteiger partial charge is 0.189 e. The summed E-state index contributed by atoms with van der Waals surface area (Å²) in [5.74, 6) is 1.12. The van der Waals surface area contributed by atoms with Gasteiger partial charge in [-0.1, -0.05) is 24.3 Å². The van der Waals surface area contributed by atoms with E-state index in [1.807, 2.05) is 53.1 Å². The van der Waals surface area contributed by atoms with Crippen LogP contribution in [0.25, 0.3) is 5.69 Å². The van der Waals surface area contributed by atoms with Crippen molar-refractivity contribution >= 4 is 5.96 Å². The molecule has 2 heterocycles. The quantitative estimate of drug-likeness (QED) is 0.527. The summed E-state index contributed by atoms with van der Waals surface area (Å²) >= 11 is 0. The first-order valence-corrected chi connectivity index (χ1v) is 7.71. The molecule has 0 unspecified atom stereocenters. The van der Waals surface area contributed by atoms with Crippen LogP contribution in [0.5, 0.6) is 0 Å². The van der Waals surface area contributed by atoms with Gasteiger partial charge < -0.3 is 11.1 Å². The van der Waals surface area contributed by atoms with Gasteiger partial charge in [0.1, 0.15) is 12.9 Å². The Balaban J connectivity index is 1.55. The van der Waals surface area contributed by atoms with E-state index in [4.69, 9.17) is 5.73 Å². The van der Waals surface area contributed by atoms with Crippen LogP contribution in [-0.4, -0.2) is 32.3 Å². The number of hydrogen-bond acceptors (Lipinski definition) is 4. The van der Waals surface area contributed by atoms with Crippen molar-refractivity contribution < 1.29 is 0 Å². The highest BCUT2D eigenvalue weighted by Crippen LogP contribution is 2.09. The lowest BCUT2D eigenvalue weighted by atomic mass is 10.3. The van der Waals surface area contributed by atoms with Gasteiger partial charge >= 0.3 is 0 Å². The number of pyridine rings is 1. The van der Waals surface area contributed by atoms with E-state index in [1.54, 1.807) is 12.5 Å². The van der Waals surface area contributed by atoms with Crippen molar-refractivity contribution in [1.29, 1.82) is 0 Å². The second-order valence-electron chi connectivity index (χ2n) is 5.15. The van der Waals surface area contributed by atoms with Crippen LogP contribution in [0.15, 0.2) is 66.0 Å². The molecule has 0 spiro atoms. The van der Waals surface area contributed by atoms with Gasteiger partial charge in [-0.05, 0) is 24.3 Å². The van der Waals surface area contributed by atoms with Crippen LogP contribution in [0.4, 0.5) is 0 Å². The third-order valence-electron chi connectivity index (χ3n) is 3.46. The summed E-state index contributed by atoms with van der Waals surface area (Å²) in [5, 5.41) is 11.1. The second kappa shape index (κ2) is 7.87. The fourth-order valence-corrected chi connectivity index (χ4v) is 2.25. The van der Waals surface area contributed by atoms with Gasteiger partial charge in [0.15, 0.2) is 11.8 Å². The monoisotopic (exact) mass is 321 g/mol. The van der Waals surface area contributed by atoms with Crippen LogP contribution < -0.4 is 11.1 Å². The topological polar surface area (TPSA) is 94.0 Å².